The Morgan fingerprint density at radius 2 is 2.14 bits per heavy atom. The van der Waals surface area contributed by atoms with Gasteiger partial charge in [-0.2, -0.15) is 0 Å². The number of halogens is 2. The number of H-pyrrole nitrogens is 1. The number of pyridine rings is 1. The second-order valence-electron chi connectivity index (χ2n) is 4.11. The summed E-state index contributed by atoms with van der Waals surface area (Å²) in [5, 5.41) is 1.77. The number of hydrogen-bond donors (Lipinski definition) is 1. The van der Waals surface area contributed by atoms with Crippen LogP contribution < -0.4 is 10.3 Å². The zero-order valence-corrected chi connectivity index (χ0v) is 11.4. The van der Waals surface area contributed by atoms with E-state index < -0.39 is 13.0 Å². The van der Waals surface area contributed by atoms with E-state index in [4.69, 9.17) is 4.74 Å². The van der Waals surface area contributed by atoms with Crippen LogP contribution in [0, 0.1) is 0 Å². The van der Waals surface area contributed by atoms with Crippen LogP contribution in [0.4, 0.5) is 8.78 Å². The summed E-state index contributed by atoms with van der Waals surface area (Å²) in [6, 6.07) is 6.41. The Hall–Kier alpha value is -2.35. The van der Waals surface area contributed by atoms with Crippen LogP contribution in [0.2, 0.25) is 0 Å². The van der Waals surface area contributed by atoms with Gasteiger partial charge in [0, 0.05) is 6.07 Å². The van der Waals surface area contributed by atoms with Gasteiger partial charge in [0.1, 0.15) is 10.4 Å². The molecule has 0 radical (unpaired) electrons. The number of aromatic amines is 1. The fourth-order valence-corrected chi connectivity index (χ4v) is 2.50. The lowest BCUT2D eigenvalue weighted by Gasteiger charge is -2.06. The van der Waals surface area contributed by atoms with E-state index in [2.05, 4.69) is 15.0 Å². The minimum Gasteiger partial charge on any atom is -0.472 e. The highest BCUT2D eigenvalue weighted by atomic mass is 32.1. The van der Waals surface area contributed by atoms with E-state index in [-0.39, 0.29) is 17.3 Å². The van der Waals surface area contributed by atoms with Crippen LogP contribution >= 0.6 is 11.3 Å². The van der Waals surface area contributed by atoms with Crippen molar-refractivity contribution in [3.05, 3.63) is 40.0 Å². The van der Waals surface area contributed by atoms with Gasteiger partial charge < -0.3 is 9.72 Å². The van der Waals surface area contributed by atoms with Gasteiger partial charge in [-0.05, 0) is 17.5 Å². The van der Waals surface area contributed by atoms with Gasteiger partial charge in [-0.15, -0.1) is 11.3 Å². The Labute approximate surface area is 121 Å². The number of hydrogen-bond acceptors (Lipinski definition) is 5. The predicted molar refractivity (Wildman–Crippen MR) is 75.0 cm³/mol. The fourth-order valence-electron chi connectivity index (χ4n) is 1.77. The van der Waals surface area contributed by atoms with E-state index >= 15 is 0 Å². The van der Waals surface area contributed by atoms with Crippen molar-refractivity contribution in [3.8, 4) is 17.4 Å². The number of nitrogens with one attached hydrogen (secondary N) is 1. The standard InChI is InChI=1S/C13H9F2N3O2S/c14-9(15)6-20-10-3-1-2-8(16-10)12-17-7-4-5-21-11(7)13(19)18-12/h1-5,9H,6H2,(H,17,18,19). The molecule has 3 aromatic rings. The van der Waals surface area contributed by atoms with E-state index in [0.717, 1.165) is 0 Å². The summed E-state index contributed by atoms with van der Waals surface area (Å²) in [4.78, 5) is 22.9. The molecule has 0 aliphatic rings. The first kappa shape index (κ1) is 13.6. The van der Waals surface area contributed by atoms with E-state index in [1.165, 1.54) is 17.4 Å². The summed E-state index contributed by atoms with van der Waals surface area (Å²) in [5.74, 6) is 0.328. The molecule has 3 aromatic heterocycles. The molecule has 0 unspecified atom stereocenters. The van der Waals surface area contributed by atoms with E-state index in [1.54, 1.807) is 23.6 Å². The molecule has 108 valence electrons. The van der Waals surface area contributed by atoms with Crippen molar-refractivity contribution in [3.63, 3.8) is 0 Å². The molecule has 8 heteroatoms. The molecule has 0 aromatic carbocycles. The highest BCUT2D eigenvalue weighted by Gasteiger charge is 2.10. The van der Waals surface area contributed by atoms with Crippen LogP contribution in [0.5, 0.6) is 5.88 Å². The molecule has 0 amide bonds. The van der Waals surface area contributed by atoms with Crippen molar-refractivity contribution in [2.45, 2.75) is 6.43 Å². The Bertz CT molecular complexity index is 831. The van der Waals surface area contributed by atoms with Crippen molar-refractivity contribution in [2.24, 2.45) is 0 Å². The summed E-state index contributed by atoms with van der Waals surface area (Å²) in [6.07, 6.45) is -2.57. The van der Waals surface area contributed by atoms with E-state index in [0.29, 0.717) is 15.9 Å². The molecule has 0 aliphatic carbocycles. The number of fused-ring (bicyclic) bond motifs is 1. The SMILES string of the molecule is O=c1[nH]c(-c2cccc(OCC(F)F)n2)nc2ccsc12. The van der Waals surface area contributed by atoms with Gasteiger partial charge in [0.2, 0.25) is 5.88 Å². The monoisotopic (exact) mass is 309 g/mol. The number of ether oxygens (including phenoxy) is 1. The second-order valence-corrected chi connectivity index (χ2v) is 5.03. The largest absolute Gasteiger partial charge is 0.472 e. The first-order valence-electron chi connectivity index (χ1n) is 5.99. The maximum absolute atomic E-state index is 12.1. The number of aromatic nitrogens is 3. The highest BCUT2D eigenvalue weighted by molar-refractivity contribution is 7.17. The maximum atomic E-state index is 12.1. The lowest BCUT2D eigenvalue weighted by Crippen LogP contribution is -2.10. The van der Waals surface area contributed by atoms with Crippen LogP contribution in [0.1, 0.15) is 0 Å². The van der Waals surface area contributed by atoms with Gasteiger partial charge in [-0.25, -0.2) is 18.7 Å². The minimum atomic E-state index is -2.57. The summed E-state index contributed by atoms with van der Waals surface area (Å²) in [5.41, 5.74) is 0.664. The highest BCUT2D eigenvalue weighted by Crippen LogP contribution is 2.19. The molecule has 0 atom stereocenters. The summed E-state index contributed by atoms with van der Waals surface area (Å²) in [7, 11) is 0. The molecule has 0 bridgehead atoms. The average Bonchev–Trinajstić information content (AvgIpc) is 2.94. The summed E-state index contributed by atoms with van der Waals surface area (Å²) < 4.78 is 29.6. The zero-order chi connectivity index (χ0) is 14.8. The van der Waals surface area contributed by atoms with E-state index in [9.17, 15) is 13.6 Å². The molecular formula is C13H9F2N3O2S. The van der Waals surface area contributed by atoms with Crippen LogP contribution in [-0.4, -0.2) is 28.0 Å². The van der Waals surface area contributed by atoms with Crippen molar-refractivity contribution < 1.29 is 13.5 Å². The lowest BCUT2D eigenvalue weighted by atomic mass is 10.3. The maximum Gasteiger partial charge on any atom is 0.272 e. The van der Waals surface area contributed by atoms with Crippen molar-refractivity contribution in [2.75, 3.05) is 6.61 Å². The van der Waals surface area contributed by atoms with Crippen molar-refractivity contribution in [1.29, 1.82) is 0 Å². The molecule has 0 saturated heterocycles. The zero-order valence-electron chi connectivity index (χ0n) is 10.5. The average molecular weight is 309 g/mol. The van der Waals surface area contributed by atoms with Gasteiger partial charge in [-0.1, -0.05) is 6.07 Å². The normalized spacial score (nSPS) is 11.2. The molecular weight excluding hydrogens is 300 g/mol. The van der Waals surface area contributed by atoms with Gasteiger partial charge in [0.15, 0.2) is 12.4 Å². The summed E-state index contributed by atoms with van der Waals surface area (Å²) in [6.45, 7) is -0.732. The first-order chi connectivity index (χ1) is 10.1. The molecule has 0 spiro atoms. The van der Waals surface area contributed by atoms with E-state index in [1.807, 2.05) is 0 Å². The summed E-state index contributed by atoms with van der Waals surface area (Å²) >= 11 is 1.30. The molecule has 3 heterocycles. The second kappa shape index (κ2) is 5.57. The third-order valence-corrected chi connectivity index (χ3v) is 3.54. The third-order valence-electron chi connectivity index (χ3n) is 2.64. The first-order valence-corrected chi connectivity index (χ1v) is 6.87. The Morgan fingerprint density at radius 1 is 1.29 bits per heavy atom. The molecule has 1 N–H and O–H groups in total. The van der Waals surface area contributed by atoms with Crippen LogP contribution in [0.25, 0.3) is 21.7 Å². The Balaban J connectivity index is 1.98. The molecule has 5 nitrogen and oxygen atoms in total. The molecule has 3 rings (SSSR count). The topological polar surface area (TPSA) is 67.9 Å². The van der Waals surface area contributed by atoms with Crippen LogP contribution in [-0.2, 0) is 0 Å². The number of alkyl halides is 2. The predicted octanol–water partition coefficient (Wildman–Crippen LogP) is 2.69. The Morgan fingerprint density at radius 3 is 2.95 bits per heavy atom. The smallest absolute Gasteiger partial charge is 0.272 e. The Kier molecular flexibility index (Phi) is 3.61. The minimum absolute atomic E-state index is 0.0564. The number of thiophene rings is 1. The quantitative estimate of drug-likeness (QED) is 0.804. The van der Waals surface area contributed by atoms with Crippen molar-refractivity contribution >= 4 is 21.6 Å². The van der Waals surface area contributed by atoms with Crippen LogP contribution in [0.3, 0.4) is 0 Å². The molecule has 0 saturated carbocycles. The molecule has 0 aliphatic heterocycles. The number of nitrogens with zero attached hydrogens (tertiary/aromatic N) is 2. The number of rotatable bonds is 4. The van der Waals surface area contributed by atoms with Gasteiger partial charge in [-0.3, -0.25) is 4.79 Å². The van der Waals surface area contributed by atoms with Gasteiger partial charge in [0.25, 0.3) is 12.0 Å². The third kappa shape index (κ3) is 2.89. The van der Waals surface area contributed by atoms with Gasteiger partial charge >= 0.3 is 0 Å². The van der Waals surface area contributed by atoms with Crippen LogP contribution in [0.15, 0.2) is 34.4 Å². The van der Waals surface area contributed by atoms with Gasteiger partial charge in [0.05, 0.1) is 5.52 Å². The van der Waals surface area contributed by atoms with Crippen molar-refractivity contribution in [1.82, 2.24) is 15.0 Å². The molecule has 0 fully saturated rings. The fraction of sp³-hybridized carbons (Fsp3) is 0.154. The molecule has 21 heavy (non-hydrogen) atoms. The lowest BCUT2D eigenvalue weighted by molar-refractivity contribution is 0.0796.